The van der Waals surface area contributed by atoms with Crippen molar-refractivity contribution in [2.75, 3.05) is 31.5 Å². The summed E-state index contributed by atoms with van der Waals surface area (Å²) in [5.41, 5.74) is 4.02. The van der Waals surface area contributed by atoms with Crippen LogP contribution in [0.2, 0.25) is 10.0 Å². The van der Waals surface area contributed by atoms with E-state index in [0.717, 1.165) is 22.3 Å². The zero-order valence-corrected chi connectivity index (χ0v) is 21.3. The van der Waals surface area contributed by atoms with Gasteiger partial charge in [-0.1, -0.05) is 29.3 Å². The number of carbonyl (C=O) groups excluding carboxylic acids is 1. The van der Waals surface area contributed by atoms with Gasteiger partial charge in [-0.15, -0.1) is 0 Å². The molecule has 1 atom stereocenters. The van der Waals surface area contributed by atoms with E-state index in [1.54, 1.807) is 18.2 Å². The van der Waals surface area contributed by atoms with Crippen molar-refractivity contribution < 1.29 is 13.2 Å². The molecule has 0 aliphatic carbocycles. The predicted octanol–water partition coefficient (Wildman–Crippen LogP) is 4.56. The van der Waals surface area contributed by atoms with E-state index in [4.69, 9.17) is 23.2 Å². The van der Waals surface area contributed by atoms with Gasteiger partial charge in [0.05, 0.1) is 21.6 Å². The molecule has 1 fully saturated rings. The SMILES string of the molecule is Cc1cc(C)c(C)c(S(=O)(=O)N2CCN([C@H](C)C(=O)Nc3ccc(Cl)cc3Cl)CC2)c1C. The zero-order valence-electron chi connectivity index (χ0n) is 19.0. The van der Waals surface area contributed by atoms with Gasteiger partial charge in [-0.05, 0) is 75.1 Å². The van der Waals surface area contributed by atoms with E-state index in [1.807, 2.05) is 45.6 Å². The summed E-state index contributed by atoms with van der Waals surface area (Å²) in [6.45, 7) is 11.0. The first-order valence-corrected chi connectivity index (χ1v) is 12.7. The zero-order chi connectivity index (χ0) is 23.8. The number of rotatable bonds is 5. The molecule has 32 heavy (non-hydrogen) atoms. The minimum atomic E-state index is -3.62. The molecule has 1 saturated heterocycles. The minimum Gasteiger partial charge on any atom is -0.323 e. The highest BCUT2D eigenvalue weighted by Crippen LogP contribution is 2.30. The molecule has 1 aliphatic heterocycles. The van der Waals surface area contributed by atoms with Crippen LogP contribution in [0.1, 0.15) is 29.2 Å². The van der Waals surface area contributed by atoms with E-state index in [9.17, 15) is 13.2 Å². The number of halogens is 2. The summed E-state index contributed by atoms with van der Waals surface area (Å²) in [4.78, 5) is 15.1. The standard InChI is InChI=1S/C23H29Cl2N3O3S/c1-14-12-15(2)17(4)22(16(14)3)32(30,31)28-10-8-27(9-11-28)18(5)23(29)26-21-7-6-19(24)13-20(21)25/h6-7,12-13,18H,8-11H2,1-5H3,(H,26,29)/t18-/m1/s1. The molecule has 0 radical (unpaired) electrons. The smallest absolute Gasteiger partial charge is 0.243 e. The van der Waals surface area contributed by atoms with Crippen molar-refractivity contribution in [3.05, 3.63) is 56.6 Å². The predicted molar refractivity (Wildman–Crippen MR) is 130 cm³/mol. The number of aryl methyl sites for hydroxylation is 2. The van der Waals surface area contributed by atoms with Gasteiger partial charge >= 0.3 is 0 Å². The molecule has 3 rings (SSSR count). The first-order chi connectivity index (χ1) is 14.9. The summed E-state index contributed by atoms with van der Waals surface area (Å²) in [7, 11) is -3.62. The number of sulfonamides is 1. The van der Waals surface area contributed by atoms with Gasteiger partial charge in [-0.3, -0.25) is 9.69 Å². The largest absolute Gasteiger partial charge is 0.323 e. The lowest BCUT2D eigenvalue weighted by molar-refractivity contribution is -0.121. The van der Waals surface area contributed by atoms with Gasteiger partial charge in [0.2, 0.25) is 15.9 Å². The fourth-order valence-electron chi connectivity index (χ4n) is 4.02. The number of hydrogen-bond acceptors (Lipinski definition) is 4. The van der Waals surface area contributed by atoms with Crippen molar-refractivity contribution in [3.8, 4) is 0 Å². The lowest BCUT2D eigenvalue weighted by atomic mass is 10.0. The Kier molecular flexibility index (Phi) is 7.57. The van der Waals surface area contributed by atoms with Crippen LogP contribution in [0.5, 0.6) is 0 Å². The molecular formula is C23H29Cl2N3O3S. The fourth-order valence-corrected chi connectivity index (χ4v) is 6.48. The fraction of sp³-hybridized carbons (Fsp3) is 0.435. The van der Waals surface area contributed by atoms with Crippen LogP contribution in [0.25, 0.3) is 0 Å². The molecule has 1 heterocycles. The van der Waals surface area contributed by atoms with Gasteiger partial charge < -0.3 is 5.32 Å². The lowest BCUT2D eigenvalue weighted by Gasteiger charge is -2.37. The summed E-state index contributed by atoms with van der Waals surface area (Å²) in [6, 6.07) is 6.48. The molecule has 0 unspecified atom stereocenters. The van der Waals surface area contributed by atoms with Crippen molar-refractivity contribution in [2.24, 2.45) is 0 Å². The molecule has 0 aromatic heterocycles. The van der Waals surface area contributed by atoms with Crippen molar-refractivity contribution in [1.29, 1.82) is 0 Å². The Bertz CT molecular complexity index is 1120. The minimum absolute atomic E-state index is 0.202. The molecule has 1 N–H and O–H groups in total. The lowest BCUT2D eigenvalue weighted by Crippen LogP contribution is -2.54. The number of anilines is 1. The molecule has 1 amide bonds. The van der Waals surface area contributed by atoms with Crippen molar-refractivity contribution in [3.63, 3.8) is 0 Å². The molecule has 6 nitrogen and oxygen atoms in total. The Balaban J connectivity index is 1.70. The van der Waals surface area contributed by atoms with E-state index in [2.05, 4.69) is 5.32 Å². The second kappa shape index (κ2) is 9.69. The molecular weight excluding hydrogens is 469 g/mol. The Morgan fingerprint density at radius 2 is 1.53 bits per heavy atom. The third-order valence-corrected chi connectivity index (χ3v) is 9.01. The van der Waals surface area contributed by atoms with Crippen LogP contribution in [0.4, 0.5) is 5.69 Å². The van der Waals surface area contributed by atoms with Crippen LogP contribution in [0.3, 0.4) is 0 Å². The van der Waals surface area contributed by atoms with Gasteiger partial charge in [-0.25, -0.2) is 8.42 Å². The number of amides is 1. The van der Waals surface area contributed by atoms with Crippen LogP contribution in [-0.2, 0) is 14.8 Å². The maximum atomic E-state index is 13.5. The monoisotopic (exact) mass is 497 g/mol. The second-order valence-corrected chi connectivity index (χ2v) is 11.0. The number of piperazine rings is 1. The summed E-state index contributed by atoms with van der Waals surface area (Å²) < 4.78 is 28.4. The molecule has 2 aromatic rings. The van der Waals surface area contributed by atoms with Crippen LogP contribution in [0.15, 0.2) is 29.2 Å². The Morgan fingerprint density at radius 1 is 0.969 bits per heavy atom. The normalized spacial score (nSPS) is 16.7. The van der Waals surface area contributed by atoms with Crippen LogP contribution in [-0.4, -0.2) is 55.8 Å². The number of hydrogen-bond donors (Lipinski definition) is 1. The number of nitrogens with zero attached hydrogens (tertiary/aromatic N) is 2. The average molecular weight is 498 g/mol. The van der Waals surface area contributed by atoms with Crippen LogP contribution >= 0.6 is 23.2 Å². The quantitative estimate of drug-likeness (QED) is 0.656. The summed E-state index contributed by atoms with van der Waals surface area (Å²) in [5, 5.41) is 3.69. The van der Waals surface area contributed by atoms with E-state index in [-0.39, 0.29) is 5.91 Å². The summed E-state index contributed by atoms with van der Waals surface area (Å²) in [6.07, 6.45) is 0. The highest BCUT2D eigenvalue weighted by Gasteiger charge is 2.34. The van der Waals surface area contributed by atoms with Crippen LogP contribution < -0.4 is 5.32 Å². The number of nitrogens with one attached hydrogen (secondary N) is 1. The highest BCUT2D eigenvalue weighted by molar-refractivity contribution is 7.89. The molecule has 9 heteroatoms. The van der Waals surface area contributed by atoms with Gasteiger partial charge in [-0.2, -0.15) is 4.31 Å². The van der Waals surface area contributed by atoms with Gasteiger partial charge in [0, 0.05) is 31.2 Å². The highest BCUT2D eigenvalue weighted by atomic mass is 35.5. The summed E-state index contributed by atoms with van der Waals surface area (Å²) >= 11 is 12.1. The van der Waals surface area contributed by atoms with Crippen LogP contribution in [0, 0.1) is 27.7 Å². The van der Waals surface area contributed by atoms with Gasteiger partial charge in [0.25, 0.3) is 0 Å². The molecule has 0 saturated carbocycles. The number of carbonyl (C=O) groups is 1. The first-order valence-electron chi connectivity index (χ1n) is 10.5. The molecule has 2 aromatic carbocycles. The molecule has 0 spiro atoms. The van der Waals surface area contributed by atoms with Gasteiger partial charge in [0.1, 0.15) is 0 Å². The summed E-state index contributed by atoms with van der Waals surface area (Å²) in [5.74, 6) is -0.202. The molecule has 1 aliphatic rings. The molecule has 174 valence electrons. The van der Waals surface area contributed by atoms with Crippen molar-refractivity contribution in [1.82, 2.24) is 9.21 Å². The van der Waals surface area contributed by atoms with E-state index in [1.165, 1.54) is 4.31 Å². The molecule has 0 bridgehead atoms. The third-order valence-electron chi connectivity index (χ3n) is 6.28. The van der Waals surface area contributed by atoms with E-state index < -0.39 is 16.1 Å². The topological polar surface area (TPSA) is 69.7 Å². The average Bonchev–Trinajstić information content (AvgIpc) is 2.74. The van der Waals surface area contributed by atoms with Crippen molar-refractivity contribution >= 4 is 44.8 Å². The Labute approximate surface area is 200 Å². The van der Waals surface area contributed by atoms with E-state index >= 15 is 0 Å². The second-order valence-electron chi connectivity index (χ2n) is 8.32. The first kappa shape index (κ1) is 25.0. The maximum absolute atomic E-state index is 13.5. The van der Waals surface area contributed by atoms with Gasteiger partial charge in [0.15, 0.2) is 0 Å². The number of benzene rings is 2. The Morgan fingerprint density at radius 3 is 2.06 bits per heavy atom. The third kappa shape index (κ3) is 4.97. The maximum Gasteiger partial charge on any atom is 0.243 e. The van der Waals surface area contributed by atoms with E-state index in [0.29, 0.717) is 46.8 Å². The Hall–Kier alpha value is -1.64. The van der Waals surface area contributed by atoms with Crippen molar-refractivity contribution in [2.45, 2.75) is 45.6 Å².